The molecule has 21 heavy (non-hydrogen) atoms. The summed E-state index contributed by atoms with van der Waals surface area (Å²) < 4.78 is 2.05. The Hall–Kier alpha value is -1.43. The predicted octanol–water partition coefficient (Wildman–Crippen LogP) is 1.27. The van der Waals surface area contributed by atoms with Crippen molar-refractivity contribution in [3.8, 4) is 0 Å². The molecule has 0 spiro atoms. The first-order chi connectivity index (χ1) is 10.3. The van der Waals surface area contributed by atoms with E-state index in [2.05, 4.69) is 31.7 Å². The van der Waals surface area contributed by atoms with Crippen LogP contribution in [0.3, 0.4) is 0 Å². The van der Waals surface area contributed by atoms with Gasteiger partial charge in [-0.2, -0.15) is 0 Å². The van der Waals surface area contributed by atoms with Crippen LogP contribution in [0.4, 0.5) is 0 Å². The van der Waals surface area contributed by atoms with Gasteiger partial charge in [0.1, 0.15) is 5.65 Å². The number of piperidine rings is 1. The van der Waals surface area contributed by atoms with Crippen molar-refractivity contribution in [2.24, 2.45) is 0 Å². The van der Waals surface area contributed by atoms with Gasteiger partial charge in [0.2, 0.25) is 0 Å². The highest BCUT2D eigenvalue weighted by Crippen LogP contribution is 2.10. The lowest BCUT2D eigenvalue weighted by Gasteiger charge is -2.29. The van der Waals surface area contributed by atoms with Gasteiger partial charge in [-0.25, -0.2) is 4.98 Å². The number of nitrogens with one attached hydrogen (secondary N) is 1. The third kappa shape index (κ3) is 3.81. The fraction of sp³-hybridized carbons (Fsp3) is 0.562. The zero-order valence-corrected chi connectivity index (χ0v) is 12.4. The number of aromatic nitrogens is 2. The van der Waals surface area contributed by atoms with E-state index in [1.165, 1.54) is 5.56 Å². The van der Waals surface area contributed by atoms with Crippen LogP contribution in [0.25, 0.3) is 5.65 Å². The van der Waals surface area contributed by atoms with Gasteiger partial charge in [0.15, 0.2) is 0 Å². The molecule has 1 aliphatic heterocycles. The average Bonchev–Trinajstić information content (AvgIpc) is 2.98. The van der Waals surface area contributed by atoms with Crippen molar-refractivity contribution in [3.63, 3.8) is 0 Å². The van der Waals surface area contributed by atoms with Gasteiger partial charge in [-0.15, -0.1) is 0 Å². The van der Waals surface area contributed by atoms with E-state index in [9.17, 15) is 5.11 Å². The van der Waals surface area contributed by atoms with E-state index in [4.69, 9.17) is 0 Å². The number of likely N-dealkylation sites (tertiary alicyclic amines) is 1. The lowest BCUT2D eigenvalue weighted by molar-refractivity contribution is 0.0821. The SMILES string of the molecule is OC1CCN(CCCNCc2cccn3ccnc23)CC1. The molecule has 0 atom stereocenters. The van der Waals surface area contributed by atoms with E-state index in [0.29, 0.717) is 0 Å². The highest BCUT2D eigenvalue weighted by atomic mass is 16.3. The summed E-state index contributed by atoms with van der Waals surface area (Å²) >= 11 is 0. The Morgan fingerprint density at radius 2 is 2.14 bits per heavy atom. The summed E-state index contributed by atoms with van der Waals surface area (Å²) in [6.07, 6.45) is 8.76. The van der Waals surface area contributed by atoms with Crippen LogP contribution in [0.5, 0.6) is 0 Å². The number of aliphatic hydroxyl groups is 1. The predicted molar refractivity (Wildman–Crippen MR) is 83.2 cm³/mol. The standard InChI is InChI=1S/C16H24N4O/c21-15-4-10-19(11-5-15)8-2-6-17-13-14-3-1-9-20-12-7-18-16(14)20/h1,3,7,9,12,15,17,21H,2,4-6,8,10-11,13H2. The maximum absolute atomic E-state index is 9.48. The fourth-order valence-electron chi connectivity index (χ4n) is 2.94. The molecule has 114 valence electrons. The van der Waals surface area contributed by atoms with Crippen molar-refractivity contribution in [1.82, 2.24) is 19.6 Å². The number of fused-ring (bicyclic) bond motifs is 1. The summed E-state index contributed by atoms with van der Waals surface area (Å²) in [6, 6.07) is 4.19. The summed E-state index contributed by atoms with van der Waals surface area (Å²) in [4.78, 5) is 6.84. The second kappa shape index (κ2) is 7.02. The number of imidazole rings is 1. The lowest BCUT2D eigenvalue weighted by atomic mass is 10.1. The van der Waals surface area contributed by atoms with E-state index in [1.807, 2.05) is 18.6 Å². The molecule has 1 fully saturated rings. The first-order valence-electron chi connectivity index (χ1n) is 7.84. The molecule has 5 nitrogen and oxygen atoms in total. The van der Waals surface area contributed by atoms with Crippen molar-refractivity contribution in [2.45, 2.75) is 31.9 Å². The van der Waals surface area contributed by atoms with Crippen molar-refractivity contribution in [3.05, 3.63) is 36.3 Å². The lowest BCUT2D eigenvalue weighted by Crippen LogP contribution is -2.37. The molecule has 0 radical (unpaired) electrons. The number of nitrogens with zero attached hydrogens (tertiary/aromatic N) is 3. The monoisotopic (exact) mass is 288 g/mol. The quantitative estimate of drug-likeness (QED) is 0.786. The molecule has 1 saturated heterocycles. The molecule has 5 heteroatoms. The summed E-state index contributed by atoms with van der Waals surface area (Å²) in [5.74, 6) is 0. The molecule has 3 heterocycles. The average molecular weight is 288 g/mol. The molecule has 3 rings (SSSR count). The van der Waals surface area contributed by atoms with Crippen molar-refractivity contribution >= 4 is 5.65 Å². The minimum absolute atomic E-state index is 0.0746. The Labute approximate surface area is 125 Å². The van der Waals surface area contributed by atoms with Crippen LogP contribution in [0.2, 0.25) is 0 Å². The first kappa shape index (κ1) is 14.5. The Morgan fingerprint density at radius 3 is 3.00 bits per heavy atom. The van der Waals surface area contributed by atoms with Crippen LogP contribution in [-0.4, -0.2) is 51.7 Å². The molecule has 0 aromatic carbocycles. The maximum atomic E-state index is 9.48. The van der Waals surface area contributed by atoms with Crippen molar-refractivity contribution < 1.29 is 5.11 Å². The van der Waals surface area contributed by atoms with Gasteiger partial charge >= 0.3 is 0 Å². The molecule has 2 aromatic rings. The van der Waals surface area contributed by atoms with E-state index in [0.717, 1.165) is 57.6 Å². The van der Waals surface area contributed by atoms with E-state index in [1.54, 1.807) is 0 Å². The maximum Gasteiger partial charge on any atom is 0.141 e. The van der Waals surface area contributed by atoms with Crippen molar-refractivity contribution in [1.29, 1.82) is 0 Å². The molecular weight excluding hydrogens is 264 g/mol. The molecule has 2 aromatic heterocycles. The largest absolute Gasteiger partial charge is 0.393 e. The molecule has 0 saturated carbocycles. The Balaban J connectivity index is 1.38. The van der Waals surface area contributed by atoms with Gasteiger partial charge in [-0.3, -0.25) is 0 Å². The van der Waals surface area contributed by atoms with Gasteiger partial charge in [-0.05, 0) is 38.4 Å². The van der Waals surface area contributed by atoms with Crippen LogP contribution in [0.1, 0.15) is 24.8 Å². The normalized spacial score (nSPS) is 17.6. The van der Waals surface area contributed by atoms with Crippen LogP contribution < -0.4 is 5.32 Å². The second-order valence-corrected chi connectivity index (χ2v) is 5.79. The number of rotatable bonds is 6. The van der Waals surface area contributed by atoms with Gasteiger partial charge < -0.3 is 19.7 Å². The number of hydrogen-bond donors (Lipinski definition) is 2. The topological polar surface area (TPSA) is 52.8 Å². The Morgan fingerprint density at radius 1 is 1.29 bits per heavy atom. The number of aliphatic hydroxyl groups excluding tert-OH is 1. The van der Waals surface area contributed by atoms with Crippen LogP contribution in [0.15, 0.2) is 30.7 Å². The third-order valence-electron chi connectivity index (χ3n) is 4.20. The minimum Gasteiger partial charge on any atom is -0.393 e. The molecule has 0 aliphatic carbocycles. The highest BCUT2D eigenvalue weighted by Gasteiger charge is 2.15. The van der Waals surface area contributed by atoms with E-state index < -0.39 is 0 Å². The van der Waals surface area contributed by atoms with Crippen LogP contribution in [-0.2, 0) is 6.54 Å². The van der Waals surface area contributed by atoms with E-state index in [-0.39, 0.29) is 6.10 Å². The summed E-state index contributed by atoms with van der Waals surface area (Å²) in [6.45, 7) is 5.07. The Bertz CT molecular complexity index is 560. The van der Waals surface area contributed by atoms with E-state index >= 15 is 0 Å². The summed E-state index contributed by atoms with van der Waals surface area (Å²) in [7, 11) is 0. The summed E-state index contributed by atoms with van der Waals surface area (Å²) in [5.41, 5.74) is 2.28. The number of hydrogen-bond acceptors (Lipinski definition) is 4. The smallest absolute Gasteiger partial charge is 0.141 e. The summed E-state index contributed by atoms with van der Waals surface area (Å²) in [5, 5.41) is 13.0. The fourth-order valence-corrected chi connectivity index (χ4v) is 2.94. The Kier molecular flexibility index (Phi) is 4.85. The van der Waals surface area contributed by atoms with Gasteiger partial charge in [-0.1, -0.05) is 6.07 Å². The highest BCUT2D eigenvalue weighted by molar-refractivity contribution is 5.47. The molecule has 0 amide bonds. The van der Waals surface area contributed by atoms with Crippen molar-refractivity contribution in [2.75, 3.05) is 26.2 Å². The zero-order valence-electron chi connectivity index (χ0n) is 12.4. The molecular formula is C16H24N4O. The minimum atomic E-state index is -0.0746. The molecule has 0 unspecified atom stereocenters. The first-order valence-corrected chi connectivity index (χ1v) is 7.84. The number of pyridine rings is 1. The third-order valence-corrected chi connectivity index (χ3v) is 4.20. The van der Waals surface area contributed by atoms with Crippen LogP contribution >= 0.6 is 0 Å². The molecule has 1 aliphatic rings. The van der Waals surface area contributed by atoms with Gasteiger partial charge in [0, 0.05) is 43.8 Å². The zero-order chi connectivity index (χ0) is 14.5. The second-order valence-electron chi connectivity index (χ2n) is 5.79. The van der Waals surface area contributed by atoms with Gasteiger partial charge in [0.05, 0.1) is 6.10 Å². The molecule has 0 bridgehead atoms. The van der Waals surface area contributed by atoms with Crippen LogP contribution in [0, 0.1) is 0 Å². The van der Waals surface area contributed by atoms with Gasteiger partial charge in [0.25, 0.3) is 0 Å². The molecule has 2 N–H and O–H groups in total.